The van der Waals surface area contributed by atoms with Crippen molar-refractivity contribution < 1.29 is 5.11 Å². The first kappa shape index (κ1) is 9.87. The van der Waals surface area contributed by atoms with Crippen LogP contribution in [0.1, 0.15) is 12.0 Å². The highest BCUT2D eigenvalue weighted by molar-refractivity contribution is 7.99. The zero-order valence-electron chi connectivity index (χ0n) is 8.29. The molecule has 0 spiro atoms. The number of aliphatic hydroxyl groups is 1. The Kier molecular flexibility index (Phi) is 2.99. The summed E-state index contributed by atoms with van der Waals surface area (Å²) in [5.41, 5.74) is 2.54. The second-order valence-corrected chi connectivity index (χ2v) is 4.67. The molecule has 0 fully saturated rings. The van der Waals surface area contributed by atoms with Crippen LogP contribution in [0.4, 0.5) is 5.69 Å². The Morgan fingerprint density at radius 3 is 3.21 bits per heavy atom. The molecule has 0 amide bonds. The first-order valence-electron chi connectivity index (χ1n) is 4.91. The lowest BCUT2D eigenvalue weighted by atomic mass is 10.1. The summed E-state index contributed by atoms with van der Waals surface area (Å²) in [7, 11) is 0. The van der Waals surface area contributed by atoms with Crippen LogP contribution in [-0.4, -0.2) is 23.5 Å². The number of thioether (sulfide) groups is 1. The molecule has 0 saturated carbocycles. The number of benzene rings is 1. The van der Waals surface area contributed by atoms with Gasteiger partial charge in [0.05, 0.1) is 5.69 Å². The number of nitrogens with one attached hydrogen (secondary N) is 1. The van der Waals surface area contributed by atoms with E-state index in [1.54, 1.807) is 0 Å². The fourth-order valence-electron chi connectivity index (χ4n) is 1.69. The zero-order valence-corrected chi connectivity index (χ0v) is 9.10. The molecule has 1 unspecified atom stereocenters. The van der Waals surface area contributed by atoms with E-state index in [0.29, 0.717) is 6.04 Å². The third kappa shape index (κ3) is 1.88. The van der Waals surface area contributed by atoms with Crippen molar-refractivity contribution in [3.63, 3.8) is 0 Å². The highest BCUT2D eigenvalue weighted by Crippen LogP contribution is 2.35. The Hall–Kier alpha value is -0.670. The van der Waals surface area contributed by atoms with Gasteiger partial charge in [-0.05, 0) is 25.0 Å². The van der Waals surface area contributed by atoms with Crippen molar-refractivity contribution in [3.8, 4) is 0 Å². The van der Waals surface area contributed by atoms with Gasteiger partial charge < -0.3 is 10.4 Å². The number of aliphatic hydroxyl groups excluding tert-OH is 1. The molecule has 1 atom stereocenters. The van der Waals surface area contributed by atoms with Gasteiger partial charge in [-0.15, -0.1) is 11.8 Å². The molecule has 0 aromatic heterocycles. The molecule has 14 heavy (non-hydrogen) atoms. The first-order valence-corrected chi connectivity index (χ1v) is 5.89. The van der Waals surface area contributed by atoms with Gasteiger partial charge in [-0.3, -0.25) is 0 Å². The lowest BCUT2D eigenvalue weighted by Gasteiger charge is -2.27. The average molecular weight is 209 g/mol. The Balaban J connectivity index is 2.20. The normalized spacial score (nSPS) is 20.0. The lowest BCUT2D eigenvalue weighted by Crippen LogP contribution is -2.27. The maximum atomic E-state index is 8.89. The van der Waals surface area contributed by atoms with E-state index in [0.717, 1.165) is 12.2 Å². The molecule has 0 aliphatic carbocycles. The maximum absolute atomic E-state index is 8.89. The molecule has 76 valence electrons. The SMILES string of the molecule is Cc1cccc2c1NC(CCO)CS2. The summed E-state index contributed by atoms with van der Waals surface area (Å²) in [5.74, 6) is 1.05. The molecule has 2 nitrogen and oxygen atoms in total. The number of para-hydroxylation sites is 1. The first-order chi connectivity index (χ1) is 6.81. The second kappa shape index (κ2) is 4.24. The highest BCUT2D eigenvalue weighted by atomic mass is 32.2. The fraction of sp³-hybridized carbons (Fsp3) is 0.455. The molecule has 1 heterocycles. The molecule has 0 radical (unpaired) electrons. The van der Waals surface area contributed by atoms with E-state index in [1.165, 1.54) is 16.1 Å². The Labute approximate surface area is 88.7 Å². The Bertz CT molecular complexity index is 327. The van der Waals surface area contributed by atoms with Gasteiger partial charge in [0.25, 0.3) is 0 Å². The molecule has 2 rings (SSSR count). The molecule has 2 N–H and O–H groups in total. The number of aryl methyl sites for hydroxylation is 1. The summed E-state index contributed by atoms with van der Waals surface area (Å²) in [6.07, 6.45) is 0.834. The van der Waals surface area contributed by atoms with E-state index < -0.39 is 0 Å². The van der Waals surface area contributed by atoms with Gasteiger partial charge in [-0.25, -0.2) is 0 Å². The van der Waals surface area contributed by atoms with Crippen LogP contribution in [0.25, 0.3) is 0 Å². The molecular weight excluding hydrogens is 194 g/mol. The van der Waals surface area contributed by atoms with Crippen molar-refractivity contribution in [2.24, 2.45) is 0 Å². The number of rotatable bonds is 2. The fourth-order valence-corrected chi connectivity index (χ4v) is 2.86. The van der Waals surface area contributed by atoms with Gasteiger partial charge in [0.2, 0.25) is 0 Å². The molecule has 1 aromatic carbocycles. The third-order valence-electron chi connectivity index (χ3n) is 2.50. The van der Waals surface area contributed by atoms with E-state index in [4.69, 9.17) is 5.11 Å². The van der Waals surface area contributed by atoms with Crippen molar-refractivity contribution in [2.75, 3.05) is 17.7 Å². The minimum atomic E-state index is 0.263. The van der Waals surface area contributed by atoms with Crippen LogP contribution in [0.2, 0.25) is 0 Å². The van der Waals surface area contributed by atoms with Gasteiger partial charge in [0.1, 0.15) is 0 Å². The summed E-state index contributed by atoms with van der Waals surface area (Å²) >= 11 is 1.88. The van der Waals surface area contributed by atoms with E-state index in [-0.39, 0.29) is 6.61 Å². The van der Waals surface area contributed by atoms with Crippen LogP contribution in [0.15, 0.2) is 23.1 Å². The average Bonchev–Trinajstić information content (AvgIpc) is 2.20. The summed E-state index contributed by atoms with van der Waals surface area (Å²) in [6.45, 7) is 2.38. The summed E-state index contributed by atoms with van der Waals surface area (Å²) < 4.78 is 0. The van der Waals surface area contributed by atoms with Gasteiger partial charge in [0.15, 0.2) is 0 Å². The minimum absolute atomic E-state index is 0.263. The minimum Gasteiger partial charge on any atom is -0.396 e. The van der Waals surface area contributed by atoms with Crippen LogP contribution in [0.5, 0.6) is 0 Å². The standard InChI is InChI=1S/C11H15NOS/c1-8-3-2-4-10-11(8)12-9(5-6-13)7-14-10/h2-4,9,12-13H,5-7H2,1H3. The van der Waals surface area contributed by atoms with E-state index in [2.05, 4.69) is 30.4 Å². The summed E-state index contributed by atoms with van der Waals surface area (Å²) in [4.78, 5) is 1.33. The van der Waals surface area contributed by atoms with Gasteiger partial charge in [-0.1, -0.05) is 12.1 Å². The van der Waals surface area contributed by atoms with Crippen LogP contribution in [0.3, 0.4) is 0 Å². The van der Waals surface area contributed by atoms with Gasteiger partial charge in [-0.2, -0.15) is 0 Å². The smallest absolute Gasteiger partial charge is 0.0510 e. The van der Waals surface area contributed by atoms with Gasteiger partial charge in [0, 0.05) is 23.3 Å². The largest absolute Gasteiger partial charge is 0.396 e. The van der Waals surface area contributed by atoms with Crippen LogP contribution < -0.4 is 5.32 Å². The molecule has 1 aliphatic rings. The quantitative estimate of drug-likeness (QED) is 0.783. The summed E-state index contributed by atoms with van der Waals surface area (Å²) in [6, 6.07) is 6.77. The molecule has 3 heteroatoms. The zero-order chi connectivity index (χ0) is 9.97. The van der Waals surface area contributed by atoms with E-state index in [1.807, 2.05) is 11.8 Å². The third-order valence-corrected chi connectivity index (χ3v) is 3.72. The van der Waals surface area contributed by atoms with Crippen molar-refractivity contribution in [3.05, 3.63) is 23.8 Å². The van der Waals surface area contributed by atoms with Crippen molar-refractivity contribution in [2.45, 2.75) is 24.3 Å². The predicted molar refractivity (Wildman–Crippen MR) is 61.0 cm³/mol. The lowest BCUT2D eigenvalue weighted by molar-refractivity contribution is 0.282. The van der Waals surface area contributed by atoms with E-state index in [9.17, 15) is 0 Å². The van der Waals surface area contributed by atoms with E-state index >= 15 is 0 Å². The number of hydrogen-bond acceptors (Lipinski definition) is 3. The highest BCUT2D eigenvalue weighted by Gasteiger charge is 2.18. The van der Waals surface area contributed by atoms with Crippen LogP contribution in [-0.2, 0) is 0 Å². The molecule has 1 aliphatic heterocycles. The van der Waals surface area contributed by atoms with Gasteiger partial charge >= 0.3 is 0 Å². The summed E-state index contributed by atoms with van der Waals surface area (Å²) in [5, 5.41) is 12.4. The van der Waals surface area contributed by atoms with Crippen molar-refractivity contribution in [1.82, 2.24) is 0 Å². The number of anilines is 1. The second-order valence-electron chi connectivity index (χ2n) is 3.61. The number of hydrogen-bond donors (Lipinski definition) is 2. The topological polar surface area (TPSA) is 32.3 Å². The molecular formula is C11H15NOS. The van der Waals surface area contributed by atoms with Crippen LogP contribution in [0, 0.1) is 6.92 Å². The molecule has 1 aromatic rings. The van der Waals surface area contributed by atoms with Crippen LogP contribution >= 0.6 is 11.8 Å². The predicted octanol–water partition coefficient (Wildman–Crippen LogP) is 2.26. The maximum Gasteiger partial charge on any atom is 0.0510 e. The molecule has 0 saturated heterocycles. The van der Waals surface area contributed by atoms with Crippen molar-refractivity contribution >= 4 is 17.4 Å². The molecule has 0 bridgehead atoms. The van der Waals surface area contributed by atoms with Crippen molar-refractivity contribution in [1.29, 1.82) is 0 Å². The Morgan fingerprint density at radius 1 is 1.57 bits per heavy atom. The number of fused-ring (bicyclic) bond motifs is 1. The monoisotopic (exact) mass is 209 g/mol. The Morgan fingerprint density at radius 2 is 2.43 bits per heavy atom.